The number of para-hydroxylation sites is 2. The van der Waals surface area contributed by atoms with Gasteiger partial charge in [0.15, 0.2) is 0 Å². The standard InChI is InChI=1S/C11H11N5O/c1-12-9-14-10-13-7-5-3-4-6-8(7)16(10)11(17)15(9)2/h3-6H,1-2H3,(H,12,13,14). The van der Waals surface area contributed by atoms with E-state index in [1.165, 1.54) is 8.97 Å². The molecule has 0 aliphatic heterocycles. The van der Waals surface area contributed by atoms with Crippen molar-refractivity contribution in [2.75, 3.05) is 12.4 Å². The molecule has 0 atom stereocenters. The van der Waals surface area contributed by atoms with Crippen LogP contribution in [0.25, 0.3) is 16.8 Å². The Morgan fingerprint density at radius 3 is 2.76 bits per heavy atom. The zero-order valence-electron chi connectivity index (χ0n) is 9.51. The number of benzene rings is 1. The number of anilines is 1. The molecule has 1 aromatic carbocycles. The van der Waals surface area contributed by atoms with Crippen LogP contribution in [0.3, 0.4) is 0 Å². The van der Waals surface area contributed by atoms with E-state index in [9.17, 15) is 4.79 Å². The van der Waals surface area contributed by atoms with Crippen molar-refractivity contribution in [1.82, 2.24) is 18.9 Å². The van der Waals surface area contributed by atoms with Gasteiger partial charge in [-0.25, -0.2) is 14.2 Å². The molecule has 17 heavy (non-hydrogen) atoms. The lowest BCUT2D eigenvalue weighted by atomic mass is 10.3. The van der Waals surface area contributed by atoms with Crippen LogP contribution in [0.2, 0.25) is 0 Å². The lowest BCUT2D eigenvalue weighted by Crippen LogP contribution is -2.27. The molecule has 0 saturated carbocycles. The SMILES string of the molecule is CNc1nc2nc3ccccc3n2c(=O)n1C. The van der Waals surface area contributed by atoms with Crippen LogP contribution < -0.4 is 11.0 Å². The van der Waals surface area contributed by atoms with E-state index < -0.39 is 0 Å². The Labute approximate surface area is 96.5 Å². The molecular weight excluding hydrogens is 218 g/mol. The molecule has 0 aliphatic rings. The van der Waals surface area contributed by atoms with E-state index in [0.717, 1.165) is 11.0 Å². The number of aromatic nitrogens is 4. The van der Waals surface area contributed by atoms with Crippen molar-refractivity contribution in [2.24, 2.45) is 7.05 Å². The molecule has 0 saturated heterocycles. The van der Waals surface area contributed by atoms with Crippen LogP contribution in [0.4, 0.5) is 5.95 Å². The smallest absolute Gasteiger partial charge is 0.338 e. The number of hydrogen-bond acceptors (Lipinski definition) is 4. The third-order valence-corrected chi connectivity index (χ3v) is 2.77. The molecule has 0 spiro atoms. The second-order valence-electron chi connectivity index (χ2n) is 3.76. The van der Waals surface area contributed by atoms with Crippen LogP contribution in [0, 0.1) is 0 Å². The van der Waals surface area contributed by atoms with E-state index in [1.807, 2.05) is 24.3 Å². The van der Waals surface area contributed by atoms with Crippen LogP contribution in [-0.4, -0.2) is 26.0 Å². The monoisotopic (exact) mass is 229 g/mol. The molecule has 0 radical (unpaired) electrons. The van der Waals surface area contributed by atoms with Gasteiger partial charge in [0.2, 0.25) is 11.7 Å². The van der Waals surface area contributed by atoms with Crippen LogP contribution in [0.1, 0.15) is 0 Å². The van der Waals surface area contributed by atoms with Gasteiger partial charge in [-0.1, -0.05) is 12.1 Å². The third-order valence-electron chi connectivity index (χ3n) is 2.77. The summed E-state index contributed by atoms with van der Waals surface area (Å²) in [5, 5.41) is 2.87. The zero-order chi connectivity index (χ0) is 12.0. The topological polar surface area (TPSA) is 64.2 Å². The molecule has 0 fully saturated rings. The molecule has 0 unspecified atom stereocenters. The van der Waals surface area contributed by atoms with Gasteiger partial charge in [0.05, 0.1) is 11.0 Å². The van der Waals surface area contributed by atoms with Gasteiger partial charge in [0.1, 0.15) is 0 Å². The first-order valence-corrected chi connectivity index (χ1v) is 5.24. The number of fused-ring (bicyclic) bond motifs is 3. The van der Waals surface area contributed by atoms with Crippen molar-refractivity contribution in [1.29, 1.82) is 0 Å². The minimum absolute atomic E-state index is 0.159. The predicted octanol–water partition coefficient (Wildman–Crippen LogP) is 0.623. The molecule has 2 aromatic heterocycles. The number of hydrogen-bond donors (Lipinski definition) is 1. The molecule has 0 bridgehead atoms. The van der Waals surface area contributed by atoms with Gasteiger partial charge < -0.3 is 5.32 Å². The first kappa shape index (κ1) is 9.83. The lowest BCUT2D eigenvalue weighted by molar-refractivity contribution is 0.773. The lowest BCUT2D eigenvalue weighted by Gasteiger charge is -2.05. The van der Waals surface area contributed by atoms with Gasteiger partial charge in [-0.2, -0.15) is 4.98 Å². The quantitative estimate of drug-likeness (QED) is 0.664. The molecule has 6 heteroatoms. The highest BCUT2D eigenvalue weighted by molar-refractivity contribution is 5.79. The van der Waals surface area contributed by atoms with Crippen LogP contribution in [0.15, 0.2) is 29.1 Å². The highest BCUT2D eigenvalue weighted by atomic mass is 16.1. The van der Waals surface area contributed by atoms with Crippen molar-refractivity contribution in [3.8, 4) is 0 Å². The van der Waals surface area contributed by atoms with E-state index in [1.54, 1.807) is 14.1 Å². The zero-order valence-corrected chi connectivity index (χ0v) is 9.51. The highest BCUT2D eigenvalue weighted by Gasteiger charge is 2.11. The van der Waals surface area contributed by atoms with E-state index in [2.05, 4.69) is 15.3 Å². The number of imidazole rings is 1. The van der Waals surface area contributed by atoms with Crippen molar-refractivity contribution in [3.63, 3.8) is 0 Å². The van der Waals surface area contributed by atoms with Gasteiger partial charge in [-0.15, -0.1) is 0 Å². The van der Waals surface area contributed by atoms with Crippen molar-refractivity contribution in [2.45, 2.75) is 0 Å². The molecule has 2 heterocycles. The first-order chi connectivity index (χ1) is 8.22. The Balaban J connectivity index is 2.59. The fourth-order valence-electron chi connectivity index (χ4n) is 1.91. The summed E-state index contributed by atoms with van der Waals surface area (Å²) < 4.78 is 2.97. The second kappa shape index (κ2) is 3.31. The predicted molar refractivity (Wildman–Crippen MR) is 65.3 cm³/mol. The Kier molecular flexibility index (Phi) is 1.91. The molecular formula is C11H11N5O. The minimum Gasteiger partial charge on any atom is -0.359 e. The Bertz CT molecular complexity index is 770. The van der Waals surface area contributed by atoms with Gasteiger partial charge in [-0.3, -0.25) is 4.57 Å². The Hall–Kier alpha value is -2.37. The maximum absolute atomic E-state index is 12.2. The summed E-state index contributed by atoms with van der Waals surface area (Å²) >= 11 is 0. The first-order valence-electron chi connectivity index (χ1n) is 5.24. The Morgan fingerprint density at radius 2 is 2.00 bits per heavy atom. The number of nitrogens with one attached hydrogen (secondary N) is 1. The average molecular weight is 229 g/mol. The molecule has 86 valence electrons. The molecule has 0 amide bonds. The summed E-state index contributed by atoms with van der Waals surface area (Å²) in [6.45, 7) is 0. The summed E-state index contributed by atoms with van der Waals surface area (Å²) in [6.07, 6.45) is 0. The summed E-state index contributed by atoms with van der Waals surface area (Å²) in [5.74, 6) is 0.913. The summed E-state index contributed by atoms with van der Waals surface area (Å²) in [7, 11) is 3.40. The minimum atomic E-state index is -0.159. The largest absolute Gasteiger partial charge is 0.359 e. The summed E-state index contributed by atoms with van der Waals surface area (Å²) in [4.78, 5) is 20.8. The van der Waals surface area contributed by atoms with E-state index in [4.69, 9.17) is 0 Å². The maximum Gasteiger partial charge on any atom is 0.338 e. The fourth-order valence-corrected chi connectivity index (χ4v) is 1.91. The van der Waals surface area contributed by atoms with E-state index in [-0.39, 0.29) is 5.69 Å². The summed E-state index contributed by atoms with van der Waals surface area (Å²) in [6, 6.07) is 7.49. The third kappa shape index (κ3) is 1.24. The van der Waals surface area contributed by atoms with Crippen LogP contribution in [0.5, 0.6) is 0 Å². The highest BCUT2D eigenvalue weighted by Crippen LogP contribution is 2.13. The maximum atomic E-state index is 12.2. The molecule has 6 nitrogen and oxygen atoms in total. The second-order valence-corrected chi connectivity index (χ2v) is 3.76. The van der Waals surface area contributed by atoms with Crippen molar-refractivity contribution in [3.05, 3.63) is 34.7 Å². The fraction of sp³-hybridized carbons (Fsp3) is 0.182. The van der Waals surface area contributed by atoms with Crippen molar-refractivity contribution < 1.29 is 0 Å². The molecule has 3 aromatic rings. The van der Waals surface area contributed by atoms with Gasteiger partial charge >= 0.3 is 5.69 Å². The van der Waals surface area contributed by atoms with Gasteiger partial charge in [0.25, 0.3) is 0 Å². The van der Waals surface area contributed by atoms with Crippen LogP contribution >= 0.6 is 0 Å². The van der Waals surface area contributed by atoms with Gasteiger partial charge in [-0.05, 0) is 12.1 Å². The van der Waals surface area contributed by atoms with E-state index >= 15 is 0 Å². The van der Waals surface area contributed by atoms with Crippen LogP contribution in [-0.2, 0) is 7.05 Å². The summed E-state index contributed by atoms with van der Waals surface area (Å²) in [5.41, 5.74) is 1.39. The molecule has 1 N–H and O–H groups in total. The van der Waals surface area contributed by atoms with E-state index in [0.29, 0.717) is 11.7 Å². The average Bonchev–Trinajstić information content (AvgIpc) is 2.72. The van der Waals surface area contributed by atoms with Gasteiger partial charge in [0, 0.05) is 14.1 Å². The number of rotatable bonds is 1. The normalized spacial score (nSPS) is 11.2. The number of nitrogens with zero attached hydrogens (tertiary/aromatic N) is 4. The molecule has 3 rings (SSSR count). The van der Waals surface area contributed by atoms with Crippen molar-refractivity contribution >= 4 is 22.8 Å². The molecule has 0 aliphatic carbocycles. The Morgan fingerprint density at radius 1 is 1.24 bits per heavy atom.